The number of nitrogens with one attached hydrogen (secondary N) is 1. The molecule has 122 valence electrons. The molecule has 0 aliphatic carbocycles. The second kappa shape index (κ2) is 7.49. The van der Waals surface area contributed by atoms with Crippen molar-refractivity contribution in [3.63, 3.8) is 0 Å². The third kappa shape index (κ3) is 4.12. The lowest BCUT2D eigenvalue weighted by molar-refractivity contribution is 0.209. The van der Waals surface area contributed by atoms with E-state index in [2.05, 4.69) is 5.32 Å². The number of ether oxygens (including phenoxy) is 2. The van der Waals surface area contributed by atoms with Gasteiger partial charge >= 0.3 is 6.09 Å². The zero-order valence-electron chi connectivity index (χ0n) is 12.9. The quantitative estimate of drug-likeness (QED) is 0.829. The second-order valence-corrected chi connectivity index (χ2v) is 4.65. The minimum absolute atomic E-state index is 0.339. The van der Waals surface area contributed by atoms with Crippen molar-refractivity contribution in [1.82, 2.24) is 0 Å². The summed E-state index contributed by atoms with van der Waals surface area (Å²) in [7, 11) is 0. The van der Waals surface area contributed by atoms with Crippen LogP contribution in [0.4, 0.5) is 14.9 Å². The van der Waals surface area contributed by atoms with E-state index in [-0.39, 0.29) is 5.82 Å². The van der Waals surface area contributed by atoms with Crippen LogP contribution in [0, 0.1) is 5.82 Å². The van der Waals surface area contributed by atoms with Crippen LogP contribution in [0.15, 0.2) is 36.4 Å². The SMILES string of the molecule is CCOc1cc(NC(=O)O)cc(OCC)c1-c1ccc(F)cc1. The first-order valence-corrected chi connectivity index (χ1v) is 7.24. The highest BCUT2D eigenvalue weighted by molar-refractivity contribution is 5.87. The predicted octanol–water partition coefficient (Wildman–Crippen LogP) is 4.38. The van der Waals surface area contributed by atoms with Gasteiger partial charge in [-0.05, 0) is 31.5 Å². The van der Waals surface area contributed by atoms with Crippen molar-refractivity contribution in [3.8, 4) is 22.6 Å². The number of carboxylic acid groups (broad SMARTS) is 1. The molecule has 0 heterocycles. The van der Waals surface area contributed by atoms with Crippen molar-refractivity contribution >= 4 is 11.8 Å². The van der Waals surface area contributed by atoms with Crippen LogP contribution >= 0.6 is 0 Å². The standard InChI is InChI=1S/C17H18FNO4/c1-3-22-14-9-13(19-17(20)21)10-15(23-4-2)16(14)11-5-7-12(18)8-6-11/h5-10,19H,3-4H2,1-2H3,(H,20,21). The van der Waals surface area contributed by atoms with Crippen LogP contribution < -0.4 is 14.8 Å². The summed E-state index contributed by atoms with van der Waals surface area (Å²) in [4.78, 5) is 10.9. The van der Waals surface area contributed by atoms with E-state index in [0.29, 0.717) is 36.0 Å². The van der Waals surface area contributed by atoms with E-state index in [9.17, 15) is 9.18 Å². The van der Waals surface area contributed by atoms with Crippen LogP contribution in [0.1, 0.15) is 13.8 Å². The molecule has 6 heteroatoms. The maximum absolute atomic E-state index is 13.2. The summed E-state index contributed by atoms with van der Waals surface area (Å²) in [6.07, 6.45) is -1.18. The molecular formula is C17H18FNO4. The lowest BCUT2D eigenvalue weighted by Crippen LogP contribution is -2.08. The molecule has 0 aliphatic heterocycles. The molecule has 2 aromatic carbocycles. The van der Waals surface area contributed by atoms with Crippen molar-refractivity contribution in [2.45, 2.75) is 13.8 Å². The number of halogens is 1. The summed E-state index contributed by atoms with van der Waals surface area (Å²) in [5.41, 5.74) is 1.72. The van der Waals surface area contributed by atoms with Gasteiger partial charge in [-0.25, -0.2) is 9.18 Å². The number of carbonyl (C=O) groups is 1. The molecule has 0 aliphatic rings. The van der Waals surface area contributed by atoms with Crippen molar-refractivity contribution in [2.24, 2.45) is 0 Å². The molecule has 0 fully saturated rings. The Labute approximate surface area is 133 Å². The zero-order chi connectivity index (χ0) is 16.8. The number of anilines is 1. The van der Waals surface area contributed by atoms with Gasteiger partial charge in [-0.15, -0.1) is 0 Å². The van der Waals surface area contributed by atoms with Gasteiger partial charge in [-0.2, -0.15) is 0 Å². The molecule has 0 spiro atoms. The van der Waals surface area contributed by atoms with Gasteiger partial charge in [0.15, 0.2) is 0 Å². The molecule has 2 aromatic rings. The largest absolute Gasteiger partial charge is 0.493 e. The monoisotopic (exact) mass is 319 g/mol. The zero-order valence-corrected chi connectivity index (χ0v) is 12.9. The number of hydrogen-bond donors (Lipinski definition) is 2. The topological polar surface area (TPSA) is 67.8 Å². The van der Waals surface area contributed by atoms with Crippen LogP contribution in [-0.4, -0.2) is 24.4 Å². The fourth-order valence-electron chi connectivity index (χ4n) is 2.23. The van der Waals surface area contributed by atoms with Gasteiger partial charge in [-0.3, -0.25) is 5.32 Å². The van der Waals surface area contributed by atoms with Crippen LogP contribution in [0.2, 0.25) is 0 Å². The Hall–Kier alpha value is -2.76. The first kappa shape index (κ1) is 16.6. The number of benzene rings is 2. The highest BCUT2D eigenvalue weighted by Crippen LogP contribution is 2.41. The molecular weight excluding hydrogens is 301 g/mol. The summed E-state index contributed by atoms with van der Waals surface area (Å²) in [5, 5.41) is 11.2. The molecule has 1 amide bonds. The normalized spacial score (nSPS) is 10.2. The molecule has 2 N–H and O–H groups in total. The summed E-state index contributed by atoms with van der Waals surface area (Å²) < 4.78 is 24.4. The van der Waals surface area contributed by atoms with E-state index in [0.717, 1.165) is 5.56 Å². The molecule has 0 atom stereocenters. The Morgan fingerprint density at radius 2 is 1.61 bits per heavy atom. The summed E-state index contributed by atoms with van der Waals surface area (Å²) >= 11 is 0. The first-order valence-electron chi connectivity index (χ1n) is 7.24. The maximum Gasteiger partial charge on any atom is 0.409 e. The Bertz CT molecular complexity index is 658. The Morgan fingerprint density at radius 1 is 1.09 bits per heavy atom. The summed E-state index contributed by atoms with van der Waals surface area (Å²) in [6.45, 7) is 4.45. The van der Waals surface area contributed by atoms with Gasteiger partial charge in [0.25, 0.3) is 0 Å². The molecule has 0 unspecified atom stereocenters. The summed E-state index contributed by atoms with van der Waals surface area (Å²) in [6, 6.07) is 9.12. The van der Waals surface area contributed by atoms with Crippen molar-refractivity contribution in [1.29, 1.82) is 0 Å². The molecule has 23 heavy (non-hydrogen) atoms. The van der Waals surface area contributed by atoms with Gasteiger partial charge in [0.1, 0.15) is 17.3 Å². The van der Waals surface area contributed by atoms with Gasteiger partial charge in [0.2, 0.25) is 0 Å². The third-order valence-electron chi connectivity index (χ3n) is 3.05. The smallest absolute Gasteiger partial charge is 0.409 e. The van der Waals surface area contributed by atoms with Crippen molar-refractivity contribution in [3.05, 3.63) is 42.2 Å². The first-order chi connectivity index (χ1) is 11.0. The molecule has 0 radical (unpaired) electrons. The fraction of sp³-hybridized carbons (Fsp3) is 0.235. The van der Waals surface area contributed by atoms with E-state index < -0.39 is 6.09 Å². The Kier molecular flexibility index (Phi) is 5.41. The van der Waals surface area contributed by atoms with Crippen molar-refractivity contribution < 1.29 is 23.8 Å². The van der Waals surface area contributed by atoms with E-state index in [1.54, 1.807) is 24.3 Å². The highest BCUT2D eigenvalue weighted by atomic mass is 19.1. The Balaban J connectivity index is 2.60. The van der Waals surface area contributed by atoms with E-state index in [4.69, 9.17) is 14.6 Å². The van der Waals surface area contributed by atoms with Crippen LogP contribution in [-0.2, 0) is 0 Å². The van der Waals surface area contributed by atoms with Gasteiger partial charge in [-0.1, -0.05) is 12.1 Å². The molecule has 2 rings (SSSR count). The van der Waals surface area contributed by atoms with E-state index in [1.165, 1.54) is 12.1 Å². The fourth-order valence-corrected chi connectivity index (χ4v) is 2.23. The second-order valence-electron chi connectivity index (χ2n) is 4.65. The number of amides is 1. The molecule has 0 saturated heterocycles. The molecule has 0 bridgehead atoms. The lowest BCUT2D eigenvalue weighted by Gasteiger charge is -2.17. The van der Waals surface area contributed by atoms with E-state index >= 15 is 0 Å². The molecule has 0 aromatic heterocycles. The third-order valence-corrected chi connectivity index (χ3v) is 3.05. The predicted molar refractivity (Wildman–Crippen MR) is 85.8 cm³/mol. The Morgan fingerprint density at radius 3 is 2.04 bits per heavy atom. The number of rotatable bonds is 6. The average Bonchev–Trinajstić information content (AvgIpc) is 2.49. The molecule has 5 nitrogen and oxygen atoms in total. The average molecular weight is 319 g/mol. The molecule has 0 saturated carbocycles. The van der Waals surface area contributed by atoms with Crippen LogP contribution in [0.25, 0.3) is 11.1 Å². The van der Waals surface area contributed by atoms with Crippen LogP contribution in [0.5, 0.6) is 11.5 Å². The maximum atomic E-state index is 13.2. The minimum Gasteiger partial charge on any atom is -0.493 e. The number of hydrogen-bond acceptors (Lipinski definition) is 3. The van der Waals surface area contributed by atoms with Crippen LogP contribution in [0.3, 0.4) is 0 Å². The van der Waals surface area contributed by atoms with E-state index in [1.807, 2.05) is 13.8 Å². The van der Waals surface area contributed by atoms with Gasteiger partial charge in [0.05, 0.1) is 24.5 Å². The van der Waals surface area contributed by atoms with Crippen molar-refractivity contribution in [2.75, 3.05) is 18.5 Å². The van der Waals surface area contributed by atoms with Gasteiger partial charge < -0.3 is 14.6 Å². The van der Waals surface area contributed by atoms with Gasteiger partial charge in [0, 0.05) is 12.1 Å². The lowest BCUT2D eigenvalue weighted by atomic mass is 10.0. The highest BCUT2D eigenvalue weighted by Gasteiger charge is 2.16. The minimum atomic E-state index is -1.18. The summed E-state index contributed by atoms with van der Waals surface area (Å²) in [5.74, 6) is 0.594.